The van der Waals surface area contributed by atoms with E-state index in [2.05, 4.69) is 27.4 Å². The lowest BCUT2D eigenvalue weighted by atomic mass is 9.89. The molecule has 144 valence electrons. The van der Waals surface area contributed by atoms with Crippen LogP contribution in [0.25, 0.3) is 10.9 Å². The Morgan fingerprint density at radius 3 is 2.68 bits per heavy atom. The number of nitrogens with one attached hydrogen (secondary N) is 1. The Hall–Kier alpha value is -2.73. The summed E-state index contributed by atoms with van der Waals surface area (Å²) >= 11 is 0. The third kappa shape index (κ3) is 3.64. The topological polar surface area (TPSA) is 69.2 Å². The van der Waals surface area contributed by atoms with Gasteiger partial charge in [0.25, 0.3) is 0 Å². The molecular formula is C22H24N4O2. The number of aromatic nitrogens is 3. The number of para-hydroxylation sites is 1. The molecule has 0 amide bonds. The molecule has 3 heterocycles. The van der Waals surface area contributed by atoms with E-state index in [1.807, 2.05) is 24.3 Å². The van der Waals surface area contributed by atoms with Gasteiger partial charge in [-0.1, -0.05) is 18.2 Å². The second-order valence-corrected chi connectivity index (χ2v) is 7.58. The highest BCUT2D eigenvalue weighted by Crippen LogP contribution is 2.34. The third-order valence-corrected chi connectivity index (χ3v) is 5.62. The van der Waals surface area contributed by atoms with E-state index in [1.165, 1.54) is 0 Å². The van der Waals surface area contributed by atoms with Crippen molar-refractivity contribution in [3.63, 3.8) is 0 Å². The summed E-state index contributed by atoms with van der Waals surface area (Å²) in [4.78, 5) is 13.7. The van der Waals surface area contributed by atoms with Gasteiger partial charge in [0.2, 0.25) is 5.88 Å². The van der Waals surface area contributed by atoms with Gasteiger partial charge in [0.1, 0.15) is 17.6 Å². The molecule has 1 aliphatic heterocycles. The molecule has 1 aliphatic carbocycles. The third-order valence-electron chi connectivity index (χ3n) is 5.62. The van der Waals surface area contributed by atoms with E-state index in [0.29, 0.717) is 17.8 Å². The predicted molar refractivity (Wildman–Crippen MR) is 108 cm³/mol. The summed E-state index contributed by atoms with van der Waals surface area (Å²) in [6.45, 7) is 1.57. The lowest BCUT2D eigenvalue weighted by Crippen LogP contribution is -2.43. The SMILES string of the molecule is c1ccc2nc(N[C@H]3C[C@@H](Oc4nccnc4C4CCOCC4)C3)ccc2c1. The molecular weight excluding hydrogens is 352 g/mol. The maximum atomic E-state index is 6.20. The van der Waals surface area contributed by atoms with Crippen molar-refractivity contribution in [2.75, 3.05) is 18.5 Å². The summed E-state index contributed by atoms with van der Waals surface area (Å²) < 4.78 is 11.7. The molecule has 0 unspecified atom stereocenters. The molecule has 0 spiro atoms. The van der Waals surface area contributed by atoms with Gasteiger partial charge >= 0.3 is 0 Å². The first-order valence-electron chi connectivity index (χ1n) is 10.0. The number of fused-ring (bicyclic) bond motifs is 1. The number of hydrogen-bond donors (Lipinski definition) is 1. The lowest BCUT2D eigenvalue weighted by Gasteiger charge is -2.36. The molecule has 0 atom stereocenters. The fourth-order valence-electron chi connectivity index (χ4n) is 3.97. The second-order valence-electron chi connectivity index (χ2n) is 7.58. The van der Waals surface area contributed by atoms with Crippen LogP contribution in [-0.4, -0.2) is 40.3 Å². The first kappa shape index (κ1) is 17.4. The van der Waals surface area contributed by atoms with Gasteiger partial charge in [-0.25, -0.2) is 9.97 Å². The van der Waals surface area contributed by atoms with Crippen molar-refractivity contribution in [1.29, 1.82) is 0 Å². The monoisotopic (exact) mass is 376 g/mol. The van der Waals surface area contributed by atoms with E-state index in [9.17, 15) is 0 Å². The Kier molecular flexibility index (Phi) is 4.79. The zero-order chi connectivity index (χ0) is 18.8. The van der Waals surface area contributed by atoms with Gasteiger partial charge in [0, 0.05) is 55.8 Å². The molecule has 2 aliphatic rings. The van der Waals surface area contributed by atoms with Gasteiger partial charge in [-0.3, -0.25) is 4.98 Å². The summed E-state index contributed by atoms with van der Waals surface area (Å²) in [6, 6.07) is 12.7. The molecule has 0 bridgehead atoms. The summed E-state index contributed by atoms with van der Waals surface area (Å²) in [6.07, 6.45) is 7.50. The zero-order valence-electron chi connectivity index (χ0n) is 15.8. The Balaban J connectivity index is 1.19. The fraction of sp³-hybridized carbons (Fsp3) is 0.409. The van der Waals surface area contributed by atoms with Crippen LogP contribution in [0, 0.1) is 0 Å². The number of pyridine rings is 1. The minimum absolute atomic E-state index is 0.174. The van der Waals surface area contributed by atoms with Crippen LogP contribution in [0.4, 0.5) is 5.82 Å². The molecule has 6 nitrogen and oxygen atoms in total. The van der Waals surface area contributed by atoms with Crippen LogP contribution in [0.5, 0.6) is 5.88 Å². The molecule has 1 saturated carbocycles. The predicted octanol–water partition coefficient (Wildman–Crippen LogP) is 3.94. The van der Waals surface area contributed by atoms with Gasteiger partial charge in [0.15, 0.2) is 0 Å². The number of rotatable bonds is 5. The van der Waals surface area contributed by atoms with E-state index in [1.54, 1.807) is 12.4 Å². The molecule has 2 aromatic heterocycles. The lowest BCUT2D eigenvalue weighted by molar-refractivity contribution is 0.0780. The van der Waals surface area contributed by atoms with E-state index < -0.39 is 0 Å². The molecule has 1 N–H and O–H groups in total. The summed E-state index contributed by atoms with van der Waals surface area (Å²) in [5.41, 5.74) is 2.00. The Labute approximate surface area is 164 Å². The number of hydrogen-bond acceptors (Lipinski definition) is 6. The van der Waals surface area contributed by atoms with Crippen LogP contribution in [0.2, 0.25) is 0 Å². The molecule has 2 fully saturated rings. The molecule has 28 heavy (non-hydrogen) atoms. The largest absolute Gasteiger partial charge is 0.473 e. The maximum absolute atomic E-state index is 6.20. The molecule has 3 aromatic rings. The van der Waals surface area contributed by atoms with E-state index >= 15 is 0 Å². The van der Waals surface area contributed by atoms with Gasteiger partial charge < -0.3 is 14.8 Å². The van der Waals surface area contributed by atoms with Gasteiger partial charge in [-0.05, 0) is 31.0 Å². The number of benzene rings is 1. The van der Waals surface area contributed by atoms with Gasteiger partial charge in [0.05, 0.1) is 5.52 Å². The first-order valence-corrected chi connectivity index (χ1v) is 10.0. The van der Waals surface area contributed by atoms with Crippen LogP contribution in [-0.2, 0) is 4.74 Å². The van der Waals surface area contributed by atoms with Crippen molar-refractivity contribution in [2.45, 2.75) is 43.7 Å². The second kappa shape index (κ2) is 7.72. The Morgan fingerprint density at radius 1 is 0.964 bits per heavy atom. The van der Waals surface area contributed by atoms with Crippen LogP contribution < -0.4 is 10.1 Å². The number of ether oxygens (including phenoxy) is 2. The normalized spacial score (nSPS) is 22.6. The maximum Gasteiger partial charge on any atom is 0.236 e. The molecule has 0 radical (unpaired) electrons. The average Bonchev–Trinajstić information content (AvgIpc) is 2.73. The molecule has 1 aromatic carbocycles. The average molecular weight is 376 g/mol. The highest BCUT2D eigenvalue weighted by atomic mass is 16.5. The van der Waals surface area contributed by atoms with Gasteiger partial charge in [-0.15, -0.1) is 0 Å². The van der Waals surface area contributed by atoms with E-state index in [4.69, 9.17) is 14.5 Å². The van der Waals surface area contributed by atoms with Crippen LogP contribution in [0.15, 0.2) is 48.8 Å². The standard InChI is InChI=1S/C22H24N4O2/c1-2-4-19-15(3-1)5-6-20(26-19)25-17-13-18(14-17)28-22-21(23-9-10-24-22)16-7-11-27-12-8-16/h1-6,9-10,16-18H,7-8,11-14H2,(H,25,26)/t17-,18+. The van der Waals surface area contributed by atoms with Crippen molar-refractivity contribution in [1.82, 2.24) is 15.0 Å². The first-order chi connectivity index (χ1) is 13.8. The van der Waals surface area contributed by atoms with Crippen LogP contribution >= 0.6 is 0 Å². The van der Waals surface area contributed by atoms with Crippen molar-refractivity contribution < 1.29 is 9.47 Å². The highest BCUT2D eigenvalue weighted by molar-refractivity contribution is 5.80. The highest BCUT2D eigenvalue weighted by Gasteiger charge is 2.33. The van der Waals surface area contributed by atoms with Crippen LogP contribution in [0.1, 0.15) is 37.3 Å². The molecule has 6 heteroatoms. The van der Waals surface area contributed by atoms with Crippen molar-refractivity contribution in [3.05, 3.63) is 54.5 Å². The molecule has 1 saturated heterocycles. The van der Waals surface area contributed by atoms with Gasteiger partial charge in [-0.2, -0.15) is 0 Å². The van der Waals surface area contributed by atoms with Crippen molar-refractivity contribution in [3.8, 4) is 5.88 Å². The summed E-state index contributed by atoms with van der Waals surface area (Å²) in [5, 5.41) is 4.68. The number of anilines is 1. The molecule has 5 rings (SSSR count). The van der Waals surface area contributed by atoms with Crippen LogP contribution in [0.3, 0.4) is 0 Å². The van der Waals surface area contributed by atoms with E-state index in [0.717, 1.165) is 61.3 Å². The van der Waals surface area contributed by atoms with E-state index in [-0.39, 0.29) is 6.10 Å². The van der Waals surface area contributed by atoms with Crippen molar-refractivity contribution >= 4 is 16.7 Å². The minimum atomic E-state index is 0.174. The smallest absolute Gasteiger partial charge is 0.236 e. The Morgan fingerprint density at radius 2 is 1.79 bits per heavy atom. The quantitative estimate of drug-likeness (QED) is 0.727. The zero-order valence-corrected chi connectivity index (χ0v) is 15.8. The Bertz CT molecular complexity index is 952. The minimum Gasteiger partial charge on any atom is -0.473 e. The summed E-state index contributed by atoms with van der Waals surface area (Å²) in [7, 11) is 0. The van der Waals surface area contributed by atoms with Crippen molar-refractivity contribution in [2.24, 2.45) is 0 Å². The fourth-order valence-corrected chi connectivity index (χ4v) is 3.97. The number of nitrogens with zero attached hydrogens (tertiary/aromatic N) is 3. The summed E-state index contributed by atoms with van der Waals surface area (Å²) in [5.74, 6) is 2.00.